The van der Waals surface area contributed by atoms with E-state index >= 15 is 0 Å². The summed E-state index contributed by atoms with van der Waals surface area (Å²) in [7, 11) is 1.42. The van der Waals surface area contributed by atoms with Crippen molar-refractivity contribution in [3.8, 4) is 5.88 Å². The number of methoxy groups -OCH3 is 1. The number of nitrogens with zero attached hydrogens (tertiary/aromatic N) is 4. The van der Waals surface area contributed by atoms with Gasteiger partial charge >= 0.3 is 0 Å². The van der Waals surface area contributed by atoms with Crippen LogP contribution in [0.2, 0.25) is 0 Å². The van der Waals surface area contributed by atoms with Crippen molar-refractivity contribution in [1.29, 1.82) is 0 Å². The van der Waals surface area contributed by atoms with Crippen LogP contribution in [0.25, 0.3) is 11.2 Å². The molecule has 2 aromatic rings. The molecule has 0 unspecified atom stereocenters. The minimum absolute atomic E-state index is 0.0205. The van der Waals surface area contributed by atoms with Crippen LogP contribution in [-0.4, -0.2) is 66.9 Å². The first-order chi connectivity index (χ1) is 10.1. The highest BCUT2D eigenvalue weighted by Crippen LogP contribution is 2.32. The van der Waals surface area contributed by atoms with E-state index in [2.05, 4.69) is 15.0 Å². The summed E-state index contributed by atoms with van der Waals surface area (Å²) in [6.45, 7) is -0.415. The topological polar surface area (TPSA) is 149 Å². The van der Waals surface area contributed by atoms with Crippen molar-refractivity contribution in [3.63, 3.8) is 0 Å². The lowest BCUT2D eigenvalue weighted by atomic mass is 10.1. The van der Waals surface area contributed by atoms with Crippen LogP contribution in [0, 0.1) is 0 Å². The zero-order chi connectivity index (χ0) is 15.1. The number of imidazole rings is 1. The normalized spacial score (nSPS) is 29.1. The van der Waals surface area contributed by atoms with E-state index in [4.69, 9.17) is 20.3 Å². The number of nitrogen functional groups attached to an aromatic ring is 1. The molecule has 0 amide bonds. The molecule has 0 spiro atoms. The Bertz CT molecular complexity index is 662. The van der Waals surface area contributed by atoms with Gasteiger partial charge in [0.05, 0.1) is 20.0 Å². The number of hydrogen-bond donors (Lipinski definition) is 4. The molecule has 10 nitrogen and oxygen atoms in total. The van der Waals surface area contributed by atoms with Gasteiger partial charge in [-0.25, -0.2) is 4.98 Å². The Morgan fingerprint density at radius 3 is 2.76 bits per heavy atom. The number of aliphatic hydroxyl groups is 3. The maximum absolute atomic E-state index is 10.0. The number of nitrogens with two attached hydrogens (primary N) is 1. The number of aromatic nitrogens is 4. The van der Waals surface area contributed by atoms with E-state index in [1.165, 1.54) is 18.0 Å². The fourth-order valence-electron chi connectivity index (χ4n) is 2.35. The average molecular weight is 297 g/mol. The minimum atomic E-state index is -1.23. The van der Waals surface area contributed by atoms with Crippen LogP contribution in [0.15, 0.2) is 6.33 Å². The standard InChI is InChI=1S/C11H15N5O5/c1-20-9-5-8(14-11(12)15-9)16(3-13-5)10-7(19)6(18)4(2-17)21-10/h3-4,6-7,10,17-19H,2H2,1H3,(H2,12,14,15)/t4-,6+,7+,10+/m1/s1. The smallest absolute Gasteiger partial charge is 0.246 e. The fourth-order valence-corrected chi connectivity index (χ4v) is 2.35. The van der Waals surface area contributed by atoms with Crippen LogP contribution in [0.5, 0.6) is 5.88 Å². The van der Waals surface area contributed by atoms with Crippen LogP contribution in [0.4, 0.5) is 5.95 Å². The molecule has 5 N–H and O–H groups in total. The number of rotatable bonds is 3. The third-order valence-electron chi connectivity index (χ3n) is 3.39. The highest BCUT2D eigenvalue weighted by molar-refractivity contribution is 5.77. The van der Waals surface area contributed by atoms with Crippen molar-refractivity contribution in [2.75, 3.05) is 19.5 Å². The van der Waals surface area contributed by atoms with Crippen LogP contribution in [0.1, 0.15) is 6.23 Å². The Balaban J connectivity index is 2.07. The van der Waals surface area contributed by atoms with Crippen LogP contribution in [0.3, 0.4) is 0 Å². The van der Waals surface area contributed by atoms with Gasteiger partial charge in [-0.1, -0.05) is 0 Å². The second kappa shape index (κ2) is 5.07. The molecule has 0 saturated carbocycles. The summed E-state index contributed by atoms with van der Waals surface area (Å²) in [5.74, 6) is 0.177. The monoisotopic (exact) mass is 297 g/mol. The summed E-state index contributed by atoms with van der Waals surface area (Å²) in [4.78, 5) is 12.1. The molecule has 3 rings (SSSR count). The molecule has 1 saturated heterocycles. The zero-order valence-electron chi connectivity index (χ0n) is 11.1. The predicted molar refractivity (Wildman–Crippen MR) is 69.3 cm³/mol. The predicted octanol–water partition coefficient (Wildman–Crippen LogP) is -1.97. The van der Waals surface area contributed by atoms with Gasteiger partial charge in [0.1, 0.15) is 18.3 Å². The Kier molecular flexibility index (Phi) is 3.37. The number of fused-ring (bicyclic) bond motifs is 1. The highest BCUT2D eigenvalue weighted by Gasteiger charge is 2.44. The van der Waals surface area contributed by atoms with Gasteiger partial charge in [-0.15, -0.1) is 0 Å². The molecule has 114 valence electrons. The van der Waals surface area contributed by atoms with Crippen molar-refractivity contribution in [1.82, 2.24) is 19.5 Å². The van der Waals surface area contributed by atoms with Crippen molar-refractivity contribution < 1.29 is 24.8 Å². The molecular weight excluding hydrogens is 282 g/mol. The van der Waals surface area contributed by atoms with Gasteiger partial charge in [-0.2, -0.15) is 9.97 Å². The molecule has 0 bridgehead atoms. The number of hydrogen-bond acceptors (Lipinski definition) is 9. The van der Waals surface area contributed by atoms with Gasteiger partial charge < -0.3 is 30.5 Å². The number of anilines is 1. The number of ether oxygens (including phenoxy) is 2. The molecule has 21 heavy (non-hydrogen) atoms. The van der Waals surface area contributed by atoms with E-state index in [-0.39, 0.29) is 11.8 Å². The second-order valence-electron chi connectivity index (χ2n) is 4.64. The second-order valence-corrected chi connectivity index (χ2v) is 4.64. The highest BCUT2D eigenvalue weighted by atomic mass is 16.6. The number of aliphatic hydroxyl groups excluding tert-OH is 3. The Morgan fingerprint density at radius 2 is 2.14 bits per heavy atom. The van der Waals surface area contributed by atoms with Crippen LogP contribution < -0.4 is 10.5 Å². The fraction of sp³-hybridized carbons (Fsp3) is 0.545. The summed E-state index contributed by atoms with van der Waals surface area (Å²) < 4.78 is 11.9. The molecule has 1 fully saturated rings. The van der Waals surface area contributed by atoms with Gasteiger partial charge in [0.25, 0.3) is 0 Å². The molecular formula is C11H15N5O5. The first-order valence-electron chi connectivity index (χ1n) is 6.23. The molecule has 2 aromatic heterocycles. The summed E-state index contributed by atoms with van der Waals surface area (Å²) in [5, 5.41) is 29.0. The van der Waals surface area contributed by atoms with Crippen molar-refractivity contribution in [3.05, 3.63) is 6.33 Å². The maximum Gasteiger partial charge on any atom is 0.246 e. The third kappa shape index (κ3) is 2.08. The largest absolute Gasteiger partial charge is 0.479 e. The van der Waals surface area contributed by atoms with E-state index in [0.717, 1.165) is 0 Å². The summed E-state index contributed by atoms with van der Waals surface area (Å²) in [5.41, 5.74) is 6.26. The van der Waals surface area contributed by atoms with Gasteiger partial charge in [0.15, 0.2) is 17.4 Å². The lowest BCUT2D eigenvalue weighted by molar-refractivity contribution is -0.0511. The molecule has 3 heterocycles. The van der Waals surface area contributed by atoms with Gasteiger partial charge in [0, 0.05) is 0 Å². The maximum atomic E-state index is 10.0. The molecule has 1 aliphatic heterocycles. The van der Waals surface area contributed by atoms with E-state index in [1.54, 1.807) is 0 Å². The Morgan fingerprint density at radius 1 is 1.38 bits per heavy atom. The SMILES string of the molecule is COc1nc(N)nc2c1ncn2[C@H]1O[C@H](CO)[C@H](O)[C@@H]1O. The van der Waals surface area contributed by atoms with Crippen LogP contribution >= 0.6 is 0 Å². The lowest BCUT2D eigenvalue weighted by Gasteiger charge is -2.16. The third-order valence-corrected chi connectivity index (χ3v) is 3.39. The van der Waals surface area contributed by atoms with E-state index < -0.39 is 31.1 Å². The van der Waals surface area contributed by atoms with E-state index in [0.29, 0.717) is 11.2 Å². The van der Waals surface area contributed by atoms with Gasteiger partial charge in [0.2, 0.25) is 11.8 Å². The van der Waals surface area contributed by atoms with Crippen molar-refractivity contribution >= 4 is 17.1 Å². The molecule has 0 aliphatic carbocycles. The summed E-state index contributed by atoms with van der Waals surface area (Å²) >= 11 is 0. The summed E-state index contributed by atoms with van der Waals surface area (Å²) in [6, 6.07) is 0. The van der Waals surface area contributed by atoms with Crippen molar-refractivity contribution in [2.45, 2.75) is 24.5 Å². The van der Waals surface area contributed by atoms with E-state index in [9.17, 15) is 10.2 Å². The Hall–Kier alpha value is -2.01. The quantitative estimate of drug-likeness (QED) is 0.506. The average Bonchev–Trinajstić information content (AvgIpc) is 3.01. The molecule has 0 aromatic carbocycles. The Labute approximate surface area is 118 Å². The van der Waals surface area contributed by atoms with Crippen molar-refractivity contribution in [2.24, 2.45) is 0 Å². The first kappa shape index (κ1) is 13.9. The van der Waals surface area contributed by atoms with Gasteiger partial charge in [-0.3, -0.25) is 4.57 Å². The lowest BCUT2D eigenvalue weighted by Crippen LogP contribution is -2.33. The van der Waals surface area contributed by atoms with Crippen LogP contribution in [-0.2, 0) is 4.74 Å². The molecule has 0 radical (unpaired) electrons. The zero-order valence-corrected chi connectivity index (χ0v) is 11.1. The van der Waals surface area contributed by atoms with Gasteiger partial charge in [-0.05, 0) is 0 Å². The summed E-state index contributed by atoms with van der Waals surface area (Å²) in [6.07, 6.45) is -2.90. The van der Waals surface area contributed by atoms with E-state index in [1.807, 2.05) is 0 Å². The first-order valence-corrected chi connectivity index (χ1v) is 6.23. The molecule has 1 aliphatic rings. The minimum Gasteiger partial charge on any atom is -0.479 e. The molecule has 10 heteroatoms. The molecule has 4 atom stereocenters.